The zero-order valence-electron chi connectivity index (χ0n) is 6.60. The molecule has 1 heterocycles. The summed E-state index contributed by atoms with van der Waals surface area (Å²) < 4.78 is 0. The maximum absolute atomic E-state index is 10.9. The minimum atomic E-state index is -0.868. The largest absolute Gasteiger partial charge is 0.288 e. The number of carbonyl (C=O) groups excluding carboxylic acids is 3. The third kappa shape index (κ3) is 2.05. The molecule has 1 aliphatic rings. The van der Waals surface area contributed by atoms with Crippen molar-refractivity contribution in [3.8, 4) is 0 Å². The Kier molecular flexibility index (Phi) is 2.63. The van der Waals surface area contributed by atoms with Gasteiger partial charge in [-0.05, 0) is 0 Å². The predicted molar refractivity (Wildman–Crippen MR) is 41.3 cm³/mol. The van der Waals surface area contributed by atoms with E-state index in [1.807, 2.05) is 0 Å². The first-order valence-corrected chi connectivity index (χ1v) is 3.55. The number of carbonyl (C=O) groups is 3. The lowest BCUT2D eigenvalue weighted by atomic mass is 10.4. The quantitative estimate of drug-likeness (QED) is 0.439. The van der Waals surface area contributed by atoms with Gasteiger partial charge in [0.05, 0.1) is 6.42 Å². The minimum absolute atomic E-state index is 0.0881. The van der Waals surface area contributed by atoms with Crippen molar-refractivity contribution >= 4 is 17.7 Å². The summed E-state index contributed by atoms with van der Waals surface area (Å²) in [5.74, 6) is -1.81. The van der Waals surface area contributed by atoms with Crippen LogP contribution in [0.3, 0.4) is 0 Å². The molecule has 0 unspecified atom stereocenters. The monoisotopic (exact) mass is 182 g/mol. The predicted octanol–water partition coefficient (Wildman–Crippen LogP) is -0.405. The third-order valence-electron chi connectivity index (χ3n) is 1.55. The van der Waals surface area contributed by atoms with Gasteiger partial charge in [-0.15, -0.1) is 4.91 Å². The molecule has 0 radical (unpaired) electrons. The summed E-state index contributed by atoms with van der Waals surface area (Å²) >= 11 is 0. The Morgan fingerprint density at radius 3 is 2.31 bits per heavy atom. The summed E-state index contributed by atoms with van der Waals surface area (Å²) in [6.07, 6.45) is 2.00. The maximum Gasteiger partial charge on any atom is 0.288 e. The number of hydrogen-bond donors (Lipinski definition) is 0. The first-order chi connectivity index (χ1) is 6.15. The lowest BCUT2D eigenvalue weighted by Crippen LogP contribution is -2.31. The van der Waals surface area contributed by atoms with Crippen LogP contribution in [0.4, 0.5) is 0 Å². The highest BCUT2D eigenvalue weighted by atomic mass is 16.3. The van der Waals surface area contributed by atoms with Crippen molar-refractivity contribution < 1.29 is 14.4 Å². The Bertz CT molecular complexity index is 290. The van der Waals surface area contributed by atoms with Gasteiger partial charge in [0.2, 0.25) is 0 Å². The van der Waals surface area contributed by atoms with E-state index in [0.717, 1.165) is 17.1 Å². The molecule has 6 nitrogen and oxygen atoms in total. The van der Waals surface area contributed by atoms with Crippen LogP contribution in [0.5, 0.6) is 0 Å². The molecule has 68 valence electrons. The van der Waals surface area contributed by atoms with Gasteiger partial charge < -0.3 is 0 Å². The molecule has 0 N–H and O–H groups in total. The van der Waals surface area contributed by atoms with E-state index in [9.17, 15) is 19.3 Å². The van der Waals surface area contributed by atoms with Crippen molar-refractivity contribution in [2.75, 3.05) is 6.54 Å². The summed E-state index contributed by atoms with van der Waals surface area (Å²) in [4.78, 5) is 42.7. The number of rotatable bonds is 3. The zero-order chi connectivity index (χ0) is 9.84. The van der Waals surface area contributed by atoms with Crippen LogP contribution in [0.15, 0.2) is 17.3 Å². The lowest BCUT2D eigenvalue weighted by Gasteiger charge is -2.10. The highest BCUT2D eigenvalue weighted by Crippen LogP contribution is 2.04. The van der Waals surface area contributed by atoms with Crippen LogP contribution in [0, 0.1) is 4.91 Å². The van der Waals surface area contributed by atoms with Crippen molar-refractivity contribution in [3.05, 3.63) is 17.1 Å². The Balaban J connectivity index is 2.46. The zero-order valence-corrected chi connectivity index (χ0v) is 6.60. The molecular formula is C7H6N2O4. The summed E-state index contributed by atoms with van der Waals surface area (Å²) in [6.45, 7) is -0.0881. The molecule has 1 aliphatic heterocycles. The molecule has 0 aromatic heterocycles. The van der Waals surface area contributed by atoms with E-state index < -0.39 is 17.7 Å². The highest BCUT2D eigenvalue weighted by Gasteiger charge is 2.23. The van der Waals surface area contributed by atoms with Gasteiger partial charge in [-0.3, -0.25) is 19.3 Å². The smallest absolute Gasteiger partial charge is 0.275 e. The van der Waals surface area contributed by atoms with Gasteiger partial charge in [-0.1, -0.05) is 0 Å². The number of imide groups is 1. The molecule has 6 heteroatoms. The van der Waals surface area contributed by atoms with Crippen LogP contribution in [0.25, 0.3) is 0 Å². The van der Waals surface area contributed by atoms with Gasteiger partial charge in [0.25, 0.3) is 17.7 Å². The Morgan fingerprint density at radius 2 is 1.85 bits per heavy atom. The molecule has 0 aromatic carbocycles. The van der Waals surface area contributed by atoms with E-state index in [2.05, 4.69) is 5.18 Å². The van der Waals surface area contributed by atoms with Gasteiger partial charge in [-0.25, -0.2) is 0 Å². The standard InChI is InChI=1S/C7H6N2O4/c10-5(8-13)3-4-9-6(11)1-2-7(9)12/h1-2H,3-4H2. The van der Waals surface area contributed by atoms with Crippen molar-refractivity contribution in [1.29, 1.82) is 0 Å². The van der Waals surface area contributed by atoms with E-state index in [4.69, 9.17) is 0 Å². The summed E-state index contributed by atoms with van der Waals surface area (Å²) in [5, 5.41) is 2.14. The number of nitrogens with zero attached hydrogens (tertiary/aromatic N) is 2. The molecule has 3 amide bonds. The molecule has 13 heavy (non-hydrogen) atoms. The molecule has 0 saturated heterocycles. The van der Waals surface area contributed by atoms with Crippen molar-refractivity contribution in [3.63, 3.8) is 0 Å². The Morgan fingerprint density at radius 1 is 1.31 bits per heavy atom. The summed E-state index contributed by atoms with van der Waals surface area (Å²) in [7, 11) is 0. The molecule has 0 aromatic rings. The fourth-order valence-electron chi connectivity index (χ4n) is 0.905. The minimum Gasteiger partial charge on any atom is -0.275 e. The second kappa shape index (κ2) is 3.70. The van der Waals surface area contributed by atoms with Gasteiger partial charge in [0, 0.05) is 23.9 Å². The second-order valence-electron chi connectivity index (χ2n) is 2.40. The van der Waals surface area contributed by atoms with Gasteiger partial charge in [0.15, 0.2) is 0 Å². The first kappa shape index (κ1) is 9.24. The van der Waals surface area contributed by atoms with E-state index in [-0.39, 0.29) is 13.0 Å². The van der Waals surface area contributed by atoms with Crippen molar-refractivity contribution in [2.24, 2.45) is 5.18 Å². The van der Waals surface area contributed by atoms with Crippen LogP contribution >= 0.6 is 0 Å². The molecule has 0 atom stereocenters. The van der Waals surface area contributed by atoms with Crippen LogP contribution in [-0.2, 0) is 14.4 Å². The maximum atomic E-state index is 10.9. The second-order valence-corrected chi connectivity index (χ2v) is 2.40. The Hall–Kier alpha value is -1.85. The first-order valence-electron chi connectivity index (χ1n) is 3.55. The summed E-state index contributed by atoms with van der Waals surface area (Å²) in [5.41, 5.74) is 0. The van der Waals surface area contributed by atoms with Gasteiger partial charge >= 0.3 is 0 Å². The molecule has 0 bridgehead atoms. The number of nitroso groups, excluding NO2 is 1. The molecule has 0 spiro atoms. The molecule has 0 fully saturated rings. The molecule has 0 saturated carbocycles. The summed E-state index contributed by atoms with van der Waals surface area (Å²) in [6, 6.07) is 0. The normalized spacial score (nSPS) is 15.2. The van der Waals surface area contributed by atoms with Gasteiger partial charge in [-0.2, -0.15) is 0 Å². The molecule has 1 rings (SSSR count). The van der Waals surface area contributed by atoms with Crippen molar-refractivity contribution in [2.45, 2.75) is 6.42 Å². The van der Waals surface area contributed by atoms with Gasteiger partial charge in [0.1, 0.15) is 0 Å². The van der Waals surface area contributed by atoms with E-state index >= 15 is 0 Å². The van der Waals surface area contributed by atoms with Crippen molar-refractivity contribution in [1.82, 2.24) is 4.90 Å². The van der Waals surface area contributed by atoms with Crippen LogP contribution < -0.4 is 0 Å². The Labute approximate surface area is 73.2 Å². The van der Waals surface area contributed by atoms with E-state index in [1.165, 1.54) is 0 Å². The lowest BCUT2D eigenvalue weighted by molar-refractivity contribution is -0.137. The molecular weight excluding hydrogens is 176 g/mol. The number of hydrogen-bond acceptors (Lipinski definition) is 4. The fourth-order valence-corrected chi connectivity index (χ4v) is 0.905. The van der Waals surface area contributed by atoms with Crippen LogP contribution in [-0.4, -0.2) is 29.2 Å². The van der Waals surface area contributed by atoms with Crippen LogP contribution in [0.2, 0.25) is 0 Å². The third-order valence-corrected chi connectivity index (χ3v) is 1.55. The number of amides is 3. The van der Waals surface area contributed by atoms with E-state index in [1.54, 1.807) is 0 Å². The fraction of sp³-hybridized carbons (Fsp3) is 0.286. The van der Waals surface area contributed by atoms with Crippen LogP contribution in [0.1, 0.15) is 6.42 Å². The average Bonchev–Trinajstić information content (AvgIpc) is 2.43. The highest BCUT2D eigenvalue weighted by molar-refractivity contribution is 6.13. The SMILES string of the molecule is O=NC(=O)CCN1C(=O)C=CC1=O. The molecule has 0 aliphatic carbocycles. The van der Waals surface area contributed by atoms with E-state index in [0.29, 0.717) is 0 Å². The average molecular weight is 182 g/mol. The topological polar surface area (TPSA) is 83.9 Å².